The molecule has 0 amide bonds. The highest BCUT2D eigenvalue weighted by molar-refractivity contribution is 7.47. The van der Waals surface area contributed by atoms with Gasteiger partial charge in [-0.1, -0.05) is 95.9 Å². The maximum absolute atomic E-state index is 12.0. The average Bonchev–Trinajstić information content (AvgIpc) is 2.58. The predicted molar refractivity (Wildman–Crippen MR) is 106 cm³/mol. The molecule has 0 aliphatic heterocycles. The molecule has 26 heavy (non-hydrogen) atoms. The molecule has 0 aromatic heterocycles. The summed E-state index contributed by atoms with van der Waals surface area (Å²) < 4.78 is 22.0. The summed E-state index contributed by atoms with van der Waals surface area (Å²) in [6, 6.07) is 0. The molecule has 1 aliphatic rings. The van der Waals surface area contributed by atoms with Crippen LogP contribution in [0.5, 0.6) is 0 Å². The lowest BCUT2D eigenvalue weighted by Gasteiger charge is -2.33. The van der Waals surface area contributed by atoms with Gasteiger partial charge in [-0.25, -0.2) is 9.45 Å². The molecule has 3 unspecified atom stereocenters. The third-order valence-electron chi connectivity index (χ3n) is 4.88. The van der Waals surface area contributed by atoms with E-state index in [1.54, 1.807) is 19.1 Å². The smallest absolute Gasteiger partial charge is 0.301 e. The molecule has 1 aliphatic carbocycles. The third-order valence-corrected chi connectivity index (χ3v) is 5.80. The van der Waals surface area contributed by atoms with Crippen LogP contribution in [0, 0.1) is 5.92 Å². The lowest BCUT2D eigenvalue weighted by molar-refractivity contribution is -0.229. The summed E-state index contributed by atoms with van der Waals surface area (Å²) in [7, 11) is -4.25. The Kier molecular flexibility index (Phi) is 11.7. The third kappa shape index (κ3) is 10.0. The molecule has 152 valence electrons. The first-order valence-electron chi connectivity index (χ1n) is 10.1. The Labute approximate surface area is 159 Å². The second-order valence-corrected chi connectivity index (χ2v) is 8.62. The van der Waals surface area contributed by atoms with Gasteiger partial charge in [0.25, 0.3) is 0 Å². The van der Waals surface area contributed by atoms with Gasteiger partial charge < -0.3 is 4.89 Å². The lowest BCUT2D eigenvalue weighted by Crippen LogP contribution is -2.33. The molecule has 0 saturated carbocycles. The summed E-state index contributed by atoms with van der Waals surface area (Å²) in [6.07, 6.45) is 19.6. The van der Waals surface area contributed by atoms with Gasteiger partial charge in [0, 0.05) is 5.92 Å². The standard InChI is InChI=1S/C20H37O5P/c1-4-5-6-7-8-9-10-11-12-15-18-23-25-26(21,22)24-20(3)17-14-13-16-19(20)2/h13-14,16-17,19H,4-12,15,18H2,1-3H3,(H,21,22). The predicted octanol–water partition coefficient (Wildman–Crippen LogP) is 6.49. The molecule has 5 nitrogen and oxygen atoms in total. The number of unbranched alkanes of at least 4 members (excludes halogenated alkanes) is 9. The largest absolute Gasteiger partial charge is 0.500 e. The Morgan fingerprint density at radius 2 is 1.58 bits per heavy atom. The van der Waals surface area contributed by atoms with Crippen molar-refractivity contribution >= 4 is 7.82 Å². The molecule has 0 bridgehead atoms. The van der Waals surface area contributed by atoms with Crippen LogP contribution in [0.2, 0.25) is 0 Å². The van der Waals surface area contributed by atoms with Gasteiger partial charge in [0.05, 0.1) is 6.61 Å². The van der Waals surface area contributed by atoms with Crippen LogP contribution in [-0.2, 0) is 18.7 Å². The van der Waals surface area contributed by atoms with Crippen molar-refractivity contribution in [3.63, 3.8) is 0 Å². The van der Waals surface area contributed by atoms with E-state index in [0.29, 0.717) is 6.61 Å². The highest BCUT2D eigenvalue weighted by atomic mass is 31.2. The molecule has 0 fully saturated rings. The molecule has 0 aromatic rings. The molecule has 6 heteroatoms. The van der Waals surface area contributed by atoms with Crippen molar-refractivity contribution in [3.8, 4) is 0 Å². The van der Waals surface area contributed by atoms with E-state index in [1.165, 1.54) is 44.9 Å². The zero-order valence-corrected chi connectivity index (χ0v) is 17.6. The minimum Gasteiger partial charge on any atom is -0.301 e. The Morgan fingerprint density at radius 3 is 2.15 bits per heavy atom. The highest BCUT2D eigenvalue weighted by Crippen LogP contribution is 2.50. The van der Waals surface area contributed by atoms with Gasteiger partial charge in [-0.2, -0.15) is 0 Å². The molecule has 3 atom stereocenters. The average molecular weight is 388 g/mol. The molecular weight excluding hydrogens is 351 g/mol. The van der Waals surface area contributed by atoms with Crippen molar-refractivity contribution in [2.45, 2.75) is 90.6 Å². The fourth-order valence-corrected chi connectivity index (χ4v) is 3.91. The first-order valence-corrected chi connectivity index (χ1v) is 11.6. The number of allylic oxidation sites excluding steroid dienone is 2. The quantitative estimate of drug-likeness (QED) is 0.150. The van der Waals surface area contributed by atoms with Crippen LogP contribution in [0.4, 0.5) is 0 Å². The zero-order chi connectivity index (χ0) is 19.3. The van der Waals surface area contributed by atoms with Crippen LogP contribution < -0.4 is 0 Å². The molecule has 0 heterocycles. The fourth-order valence-electron chi connectivity index (χ4n) is 2.95. The normalized spacial score (nSPS) is 24.7. The van der Waals surface area contributed by atoms with Crippen LogP contribution in [0.1, 0.15) is 85.0 Å². The maximum atomic E-state index is 12.0. The second-order valence-electron chi connectivity index (χ2n) is 7.35. The first-order chi connectivity index (χ1) is 12.4. The number of phosphoric acid groups is 1. The Bertz CT molecular complexity index is 477. The summed E-state index contributed by atoms with van der Waals surface area (Å²) >= 11 is 0. The second kappa shape index (κ2) is 12.9. The molecule has 1 rings (SSSR count). The Hall–Kier alpha value is -0.450. The van der Waals surface area contributed by atoms with Crippen molar-refractivity contribution < 1.29 is 23.5 Å². The molecule has 0 radical (unpaired) electrons. The van der Waals surface area contributed by atoms with E-state index in [4.69, 9.17) is 9.41 Å². The number of hydrogen-bond acceptors (Lipinski definition) is 4. The summed E-state index contributed by atoms with van der Waals surface area (Å²) in [5.41, 5.74) is -0.875. The molecule has 1 N–H and O–H groups in total. The van der Waals surface area contributed by atoms with E-state index >= 15 is 0 Å². The van der Waals surface area contributed by atoms with Crippen LogP contribution in [0.3, 0.4) is 0 Å². The monoisotopic (exact) mass is 388 g/mol. The summed E-state index contributed by atoms with van der Waals surface area (Å²) in [5.74, 6) is -0.0291. The fraction of sp³-hybridized carbons (Fsp3) is 0.800. The lowest BCUT2D eigenvalue weighted by atomic mass is 9.87. The van der Waals surface area contributed by atoms with Crippen molar-refractivity contribution in [2.75, 3.05) is 6.61 Å². The SMILES string of the molecule is CCCCCCCCCCCCOOP(=O)(O)OC1(C)C=CC=CC1C. The zero-order valence-electron chi connectivity index (χ0n) is 16.7. The van der Waals surface area contributed by atoms with Gasteiger partial charge >= 0.3 is 7.82 Å². The van der Waals surface area contributed by atoms with Gasteiger partial charge in [0.1, 0.15) is 5.60 Å². The summed E-state index contributed by atoms with van der Waals surface area (Å²) in [4.78, 5) is 14.8. The van der Waals surface area contributed by atoms with Crippen LogP contribution in [0.25, 0.3) is 0 Å². The molecular formula is C20H37O5P. The van der Waals surface area contributed by atoms with E-state index in [0.717, 1.165) is 19.3 Å². The van der Waals surface area contributed by atoms with Gasteiger partial charge in [-0.05, 0) is 13.3 Å². The van der Waals surface area contributed by atoms with E-state index in [2.05, 4.69) is 11.6 Å². The van der Waals surface area contributed by atoms with E-state index in [1.807, 2.05) is 19.1 Å². The van der Waals surface area contributed by atoms with E-state index in [-0.39, 0.29) is 5.92 Å². The Balaban J connectivity index is 2.04. The minimum atomic E-state index is -4.25. The maximum Gasteiger partial charge on any atom is 0.500 e. The van der Waals surface area contributed by atoms with Crippen molar-refractivity contribution in [3.05, 3.63) is 24.3 Å². The number of phosphoric ester groups is 1. The topological polar surface area (TPSA) is 65.0 Å². The van der Waals surface area contributed by atoms with Crippen LogP contribution in [-0.4, -0.2) is 17.1 Å². The highest BCUT2D eigenvalue weighted by Gasteiger charge is 2.38. The van der Waals surface area contributed by atoms with Crippen molar-refractivity contribution in [2.24, 2.45) is 5.92 Å². The number of rotatable bonds is 15. The number of hydrogen-bond donors (Lipinski definition) is 1. The summed E-state index contributed by atoms with van der Waals surface area (Å²) in [5, 5.41) is 0. The van der Waals surface area contributed by atoms with Crippen molar-refractivity contribution in [1.82, 2.24) is 0 Å². The van der Waals surface area contributed by atoms with E-state index in [9.17, 15) is 9.46 Å². The molecule has 0 saturated heterocycles. The van der Waals surface area contributed by atoms with E-state index < -0.39 is 13.4 Å². The summed E-state index contributed by atoms with van der Waals surface area (Å²) in [6.45, 7) is 6.21. The Morgan fingerprint density at radius 1 is 1.00 bits per heavy atom. The van der Waals surface area contributed by atoms with Gasteiger partial charge in [0.15, 0.2) is 0 Å². The van der Waals surface area contributed by atoms with Crippen molar-refractivity contribution in [1.29, 1.82) is 0 Å². The van der Waals surface area contributed by atoms with Gasteiger partial charge in [-0.3, -0.25) is 4.52 Å². The van der Waals surface area contributed by atoms with Crippen LogP contribution >= 0.6 is 7.82 Å². The van der Waals surface area contributed by atoms with Gasteiger partial charge in [-0.15, -0.1) is 4.67 Å². The first kappa shape index (κ1) is 23.6. The van der Waals surface area contributed by atoms with Gasteiger partial charge in [0.2, 0.25) is 0 Å². The minimum absolute atomic E-state index is 0.0291. The van der Waals surface area contributed by atoms with Crippen LogP contribution in [0.15, 0.2) is 24.3 Å². The molecule has 0 spiro atoms. The molecule has 0 aromatic carbocycles.